The summed E-state index contributed by atoms with van der Waals surface area (Å²) in [4.78, 5) is 0. The zero-order valence-electron chi connectivity index (χ0n) is 10.7. The lowest BCUT2D eigenvalue weighted by Gasteiger charge is -2.08. The Morgan fingerprint density at radius 1 is 1.00 bits per heavy atom. The summed E-state index contributed by atoms with van der Waals surface area (Å²) in [6, 6.07) is 13.2. The monoisotopic (exact) mass is 256 g/mol. The molecule has 0 saturated carbocycles. The summed E-state index contributed by atoms with van der Waals surface area (Å²) in [6.45, 7) is 3.06. The maximum atomic E-state index is 14.1. The lowest BCUT2D eigenvalue weighted by molar-refractivity contribution is 0.365. The summed E-state index contributed by atoms with van der Waals surface area (Å²) in [5.41, 5.74) is 3.50. The number of hydrogen-bond donors (Lipinski definition) is 0. The van der Waals surface area contributed by atoms with E-state index in [1.165, 1.54) is 6.07 Å². The van der Waals surface area contributed by atoms with Crippen molar-refractivity contribution in [3.63, 3.8) is 0 Å². The Morgan fingerprint density at radius 3 is 2.42 bits per heavy atom. The van der Waals surface area contributed by atoms with E-state index in [0.717, 1.165) is 16.7 Å². The zero-order chi connectivity index (χ0) is 13.2. The van der Waals surface area contributed by atoms with Crippen LogP contribution >= 0.6 is 0 Å². The molecule has 0 unspecified atom stereocenters. The average Bonchev–Trinajstić information content (AvgIpc) is 2.92. The summed E-state index contributed by atoms with van der Waals surface area (Å²) in [5.74, 6) is -0.286. The second-order valence-corrected chi connectivity index (χ2v) is 4.68. The molecule has 1 aliphatic heterocycles. The summed E-state index contributed by atoms with van der Waals surface area (Å²) in [7, 11) is -0.563. The van der Waals surface area contributed by atoms with Crippen LogP contribution in [0.15, 0.2) is 42.5 Å². The smallest absolute Gasteiger partial charge is 0.405 e. The Hall–Kier alpha value is -1.65. The highest BCUT2D eigenvalue weighted by Crippen LogP contribution is 2.21. The van der Waals surface area contributed by atoms with Gasteiger partial charge in [-0.25, -0.2) is 4.39 Å². The van der Waals surface area contributed by atoms with Crippen molar-refractivity contribution in [2.24, 2.45) is 0 Å². The second-order valence-electron chi connectivity index (χ2n) is 4.68. The molecule has 1 saturated heterocycles. The topological polar surface area (TPSA) is 18.5 Å². The van der Waals surface area contributed by atoms with Crippen LogP contribution in [0.25, 0.3) is 11.1 Å². The van der Waals surface area contributed by atoms with E-state index in [1.54, 1.807) is 6.07 Å². The van der Waals surface area contributed by atoms with E-state index in [2.05, 4.69) is 0 Å². The second kappa shape index (κ2) is 5.15. The fourth-order valence-electron chi connectivity index (χ4n) is 2.26. The number of aryl methyl sites for hydroxylation is 1. The van der Waals surface area contributed by atoms with Gasteiger partial charge in [0.1, 0.15) is 5.82 Å². The lowest BCUT2D eigenvalue weighted by atomic mass is 9.78. The van der Waals surface area contributed by atoms with E-state index in [4.69, 9.17) is 9.31 Å². The molecule has 3 rings (SSSR count). The van der Waals surface area contributed by atoms with Gasteiger partial charge in [-0.15, -0.1) is 0 Å². The number of halogens is 1. The molecular formula is C15H14BFO2. The molecule has 0 amide bonds. The van der Waals surface area contributed by atoms with Crippen molar-refractivity contribution < 1.29 is 13.7 Å². The normalized spacial score (nSPS) is 14.9. The van der Waals surface area contributed by atoms with E-state index in [1.807, 2.05) is 37.3 Å². The van der Waals surface area contributed by atoms with Crippen molar-refractivity contribution in [3.05, 3.63) is 53.8 Å². The molecule has 0 atom stereocenters. The Morgan fingerprint density at radius 2 is 1.74 bits per heavy atom. The van der Waals surface area contributed by atoms with Gasteiger partial charge in [0.2, 0.25) is 0 Å². The third-order valence-electron chi connectivity index (χ3n) is 3.23. The van der Waals surface area contributed by atoms with Gasteiger partial charge in [-0.1, -0.05) is 42.0 Å². The molecular weight excluding hydrogens is 242 g/mol. The average molecular weight is 256 g/mol. The first-order valence-electron chi connectivity index (χ1n) is 6.34. The van der Waals surface area contributed by atoms with E-state index < -0.39 is 7.12 Å². The van der Waals surface area contributed by atoms with Crippen molar-refractivity contribution in [1.29, 1.82) is 0 Å². The van der Waals surface area contributed by atoms with Crippen LogP contribution in [-0.2, 0) is 9.31 Å². The van der Waals surface area contributed by atoms with E-state index in [9.17, 15) is 4.39 Å². The van der Waals surface area contributed by atoms with Gasteiger partial charge in [0, 0.05) is 5.46 Å². The molecule has 1 heterocycles. The molecule has 96 valence electrons. The van der Waals surface area contributed by atoms with Gasteiger partial charge < -0.3 is 9.31 Å². The lowest BCUT2D eigenvalue weighted by Crippen LogP contribution is -2.34. The first-order valence-corrected chi connectivity index (χ1v) is 6.34. The SMILES string of the molecule is Cc1cccc(-c2ccc(B3OCCO3)c(F)c2)c1. The van der Waals surface area contributed by atoms with Crippen LogP contribution in [0, 0.1) is 12.7 Å². The zero-order valence-corrected chi connectivity index (χ0v) is 10.7. The molecule has 4 heteroatoms. The Balaban J connectivity index is 1.94. The van der Waals surface area contributed by atoms with Crippen LogP contribution in [0.4, 0.5) is 4.39 Å². The van der Waals surface area contributed by atoms with Gasteiger partial charge in [-0.3, -0.25) is 0 Å². The van der Waals surface area contributed by atoms with Crippen LogP contribution in [0.2, 0.25) is 0 Å². The first kappa shape index (κ1) is 12.4. The van der Waals surface area contributed by atoms with Gasteiger partial charge in [0.15, 0.2) is 0 Å². The molecule has 2 aromatic carbocycles. The predicted molar refractivity (Wildman–Crippen MR) is 73.9 cm³/mol. The highest BCUT2D eigenvalue weighted by molar-refractivity contribution is 6.61. The number of rotatable bonds is 2. The summed E-state index contributed by atoms with van der Waals surface area (Å²) in [5, 5.41) is 0. The fraction of sp³-hybridized carbons (Fsp3) is 0.200. The van der Waals surface area contributed by atoms with Gasteiger partial charge in [-0.05, 0) is 24.1 Å². The molecule has 1 fully saturated rings. The Kier molecular flexibility index (Phi) is 3.36. The van der Waals surface area contributed by atoms with Crippen molar-refractivity contribution in [1.82, 2.24) is 0 Å². The standard InChI is InChI=1S/C15H14BFO2/c1-11-3-2-4-12(9-11)13-5-6-14(15(17)10-13)16-18-7-8-19-16/h2-6,9-10H,7-8H2,1H3. The highest BCUT2D eigenvalue weighted by atomic mass is 19.1. The third-order valence-corrected chi connectivity index (χ3v) is 3.23. The molecule has 2 aromatic rings. The Bertz CT molecular complexity index is 594. The molecule has 0 bridgehead atoms. The van der Waals surface area contributed by atoms with Gasteiger partial charge in [0.05, 0.1) is 13.2 Å². The van der Waals surface area contributed by atoms with E-state index >= 15 is 0 Å². The number of benzene rings is 2. The van der Waals surface area contributed by atoms with Crippen LogP contribution in [-0.4, -0.2) is 20.3 Å². The summed E-state index contributed by atoms with van der Waals surface area (Å²) >= 11 is 0. The van der Waals surface area contributed by atoms with Crippen LogP contribution < -0.4 is 5.46 Å². The molecule has 2 nitrogen and oxygen atoms in total. The maximum absolute atomic E-state index is 14.1. The minimum absolute atomic E-state index is 0.286. The molecule has 0 radical (unpaired) electrons. The predicted octanol–water partition coefficient (Wildman–Crippen LogP) is 2.54. The van der Waals surface area contributed by atoms with Crippen molar-refractivity contribution in [2.75, 3.05) is 13.2 Å². The number of hydrogen-bond acceptors (Lipinski definition) is 2. The maximum Gasteiger partial charge on any atom is 0.497 e. The largest absolute Gasteiger partial charge is 0.497 e. The van der Waals surface area contributed by atoms with Crippen molar-refractivity contribution in [2.45, 2.75) is 6.92 Å². The summed E-state index contributed by atoms with van der Waals surface area (Å²) < 4.78 is 24.8. The molecule has 0 spiro atoms. The molecule has 0 aliphatic carbocycles. The highest BCUT2D eigenvalue weighted by Gasteiger charge is 2.29. The molecule has 1 aliphatic rings. The van der Waals surface area contributed by atoms with Crippen molar-refractivity contribution >= 4 is 12.6 Å². The minimum Gasteiger partial charge on any atom is -0.405 e. The molecule has 19 heavy (non-hydrogen) atoms. The van der Waals surface area contributed by atoms with Gasteiger partial charge in [0.25, 0.3) is 0 Å². The minimum atomic E-state index is -0.563. The quantitative estimate of drug-likeness (QED) is 0.769. The van der Waals surface area contributed by atoms with Gasteiger partial charge >= 0.3 is 7.12 Å². The van der Waals surface area contributed by atoms with Crippen LogP contribution in [0.5, 0.6) is 0 Å². The first-order chi connectivity index (χ1) is 9.24. The fourth-order valence-corrected chi connectivity index (χ4v) is 2.26. The van der Waals surface area contributed by atoms with Crippen LogP contribution in [0.3, 0.4) is 0 Å². The third kappa shape index (κ3) is 2.55. The summed E-state index contributed by atoms with van der Waals surface area (Å²) in [6.07, 6.45) is 0. The molecule has 0 aromatic heterocycles. The van der Waals surface area contributed by atoms with E-state index in [0.29, 0.717) is 18.7 Å². The van der Waals surface area contributed by atoms with E-state index in [-0.39, 0.29) is 5.82 Å². The molecule has 0 N–H and O–H groups in total. The van der Waals surface area contributed by atoms with Crippen molar-refractivity contribution in [3.8, 4) is 11.1 Å². The van der Waals surface area contributed by atoms with Gasteiger partial charge in [-0.2, -0.15) is 0 Å². The van der Waals surface area contributed by atoms with Crippen LogP contribution in [0.1, 0.15) is 5.56 Å². The Labute approximate surface area is 112 Å².